The fourth-order valence-electron chi connectivity index (χ4n) is 7.66. The van der Waals surface area contributed by atoms with Crippen molar-refractivity contribution >= 4 is 35.3 Å². The maximum absolute atomic E-state index is 13.6. The molecule has 0 spiro atoms. The van der Waals surface area contributed by atoms with Crippen LogP contribution in [0.3, 0.4) is 0 Å². The van der Waals surface area contributed by atoms with Gasteiger partial charge in [-0.2, -0.15) is 0 Å². The molecule has 3 aliphatic rings. The topological polar surface area (TPSA) is 168 Å². The molecule has 14 nitrogen and oxygen atoms in total. The Balaban J connectivity index is 1.07. The predicted octanol–water partition coefficient (Wildman–Crippen LogP) is 5.73. The summed E-state index contributed by atoms with van der Waals surface area (Å²) in [5.74, 6) is 0.333. The van der Waals surface area contributed by atoms with Gasteiger partial charge in [0.15, 0.2) is 0 Å². The second-order valence-corrected chi connectivity index (χ2v) is 14.5. The summed E-state index contributed by atoms with van der Waals surface area (Å²) in [6.07, 6.45) is 6.75. The van der Waals surface area contributed by atoms with Crippen LogP contribution in [0.5, 0.6) is 0 Å². The molecule has 2 saturated heterocycles. The van der Waals surface area contributed by atoms with Crippen LogP contribution in [0.4, 0.5) is 9.59 Å². The first-order chi connectivity index (χ1) is 26.6. The van der Waals surface area contributed by atoms with E-state index in [0.29, 0.717) is 38.4 Å². The molecule has 1 aromatic heterocycles. The molecule has 6 rings (SSSR count). The van der Waals surface area contributed by atoms with Gasteiger partial charge in [-0.05, 0) is 59.4 Å². The van der Waals surface area contributed by atoms with Crippen LogP contribution < -0.4 is 10.6 Å². The number of ether oxygens (including phenoxy) is 3. The van der Waals surface area contributed by atoms with E-state index >= 15 is 0 Å². The first-order valence-electron chi connectivity index (χ1n) is 18.9. The molecule has 3 N–H and O–H groups in total. The number of aromatic nitrogens is 2. The largest absolute Gasteiger partial charge is 0.453 e. The number of methoxy groups -OCH3 is 3. The highest BCUT2D eigenvalue weighted by Gasteiger charge is 2.39. The Labute approximate surface area is 321 Å². The minimum absolute atomic E-state index is 0.0863. The second-order valence-electron chi connectivity index (χ2n) is 14.5. The molecule has 4 amide bonds. The second kappa shape index (κ2) is 17.8. The number of alkyl carbamates (subject to hydrolysis) is 2. The van der Waals surface area contributed by atoms with E-state index in [9.17, 15) is 19.2 Å². The molecule has 4 heterocycles. The van der Waals surface area contributed by atoms with Crippen LogP contribution in [0.15, 0.2) is 65.9 Å². The van der Waals surface area contributed by atoms with Crippen LogP contribution in [0.25, 0.3) is 28.0 Å². The summed E-state index contributed by atoms with van der Waals surface area (Å²) < 4.78 is 14.7. The lowest BCUT2D eigenvalue weighted by Gasteiger charge is -2.31. The number of aromatic amines is 1. The number of likely N-dealkylation sites (tertiary alicyclic amines) is 2. The smallest absolute Gasteiger partial charge is 0.407 e. The lowest BCUT2D eigenvalue weighted by molar-refractivity contribution is -0.135. The summed E-state index contributed by atoms with van der Waals surface area (Å²) in [4.78, 5) is 67.5. The highest BCUT2D eigenvalue weighted by atomic mass is 16.5. The zero-order valence-corrected chi connectivity index (χ0v) is 32.2. The van der Waals surface area contributed by atoms with Gasteiger partial charge in [0.1, 0.15) is 17.9 Å². The number of H-pyrrole nitrogens is 1. The van der Waals surface area contributed by atoms with Crippen LogP contribution in [0.1, 0.15) is 69.8 Å². The fraction of sp³-hybridized carbons (Fsp3) is 0.463. The molecule has 14 heteroatoms. The maximum Gasteiger partial charge on any atom is 0.407 e. The van der Waals surface area contributed by atoms with Gasteiger partial charge in [-0.15, -0.1) is 0 Å². The molecule has 55 heavy (non-hydrogen) atoms. The first kappa shape index (κ1) is 39.2. The molecular weight excluding hydrogens is 702 g/mol. The molecular formula is C41H51N7O7. The summed E-state index contributed by atoms with van der Waals surface area (Å²) in [6, 6.07) is 14.9. The van der Waals surface area contributed by atoms with Crippen LogP contribution in [0.2, 0.25) is 0 Å². The van der Waals surface area contributed by atoms with Crippen LogP contribution in [0, 0.1) is 5.92 Å². The van der Waals surface area contributed by atoms with Crippen molar-refractivity contribution in [3.8, 4) is 22.4 Å². The van der Waals surface area contributed by atoms with Crippen LogP contribution in [-0.2, 0) is 23.8 Å². The molecule has 0 saturated carbocycles. The average Bonchev–Trinajstić information content (AvgIpc) is 4.04. The van der Waals surface area contributed by atoms with E-state index in [2.05, 4.69) is 69.1 Å². The van der Waals surface area contributed by atoms with Crippen molar-refractivity contribution in [2.45, 2.75) is 76.5 Å². The molecule has 292 valence electrons. The van der Waals surface area contributed by atoms with Crippen molar-refractivity contribution in [3.05, 3.63) is 72.3 Å². The number of nitrogens with one attached hydrogen (secondary N) is 3. The number of nitrogens with zero attached hydrogens (tertiary/aromatic N) is 4. The van der Waals surface area contributed by atoms with Gasteiger partial charge in [-0.25, -0.2) is 14.6 Å². The van der Waals surface area contributed by atoms with E-state index < -0.39 is 24.3 Å². The van der Waals surface area contributed by atoms with E-state index in [1.807, 2.05) is 24.9 Å². The number of hydrogen-bond donors (Lipinski definition) is 3. The molecule has 3 aliphatic heterocycles. The van der Waals surface area contributed by atoms with Gasteiger partial charge in [0.25, 0.3) is 0 Å². The zero-order valence-electron chi connectivity index (χ0n) is 32.2. The van der Waals surface area contributed by atoms with Crippen LogP contribution in [-0.4, -0.2) is 109 Å². The summed E-state index contributed by atoms with van der Waals surface area (Å²) in [5.41, 5.74) is 7.13. The Kier molecular flexibility index (Phi) is 12.7. The van der Waals surface area contributed by atoms with Crippen molar-refractivity contribution in [3.63, 3.8) is 0 Å². The van der Waals surface area contributed by atoms with Crippen molar-refractivity contribution < 1.29 is 33.4 Å². The van der Waals surface area contributed by atoms with E-state index in [0.717, 1.165) is 64.9 Å². The molecule has 0 radical (unpaired) electrons. The predicted molar refractivity (Wildman–Crippen MR) is 208 cm³/mol. The molecule has 3 aromatic rings. The normalized spacial score (nSPS) is 19.2. The Bertz CT molecular complexity index is 1900. The number of imidazole rings is 1. The Morgan fingerprint density at radius 3 is 2.00 bits per heavy atom. The third-order valence-corrected chi connectivity index (χ3v) is 10.7. The molecule has 4 atom stereocenters. The number of amides is 4. The molecule has 0 bridgehead atoms. The van der Waals surface area contributed by atoms with Gasteiger partial charge in [0.2, 0.25) is 11.8 Å². The van der Waals surface area contributed by atoms with Gasteiger partial charge in [-0.1, -0.05) is 62.4 Å². The van der Waals surface area contributed by atoms with Gasteiger partial charge in [0.05, 0.1) is 38.2 Å². The number of carbonyl (C=O) groups is 4. The first-order valence-corrected chi connectivity index (χ1v) is 18.9. The molecule has 0 unspecified atom stereocenters. The number of hydrogen-bond acceptors (Lipinski definition) is 9. The number of allylic oxidation sites excluding steroid dienone is 1. The van der Waals surface area contributed by atoms with Gasteiger partial charge in [-0.3, -0.25) is 14.6 Å². The summed E-state index contributed by atoms with van der Waals surface area (Å²) >= 11 is 0. The molecule has 2 aromatic carbocycles. The summed E-state index contributed by atoms with van der Waals surface area (Å²) in [6.45, 7) is 5.35. The van der Waals surface area contributed by atoms with Crippen LogP contribution >= 0.6 is 0 Å². The maximum atomic E-state index is 13.6. The molecule has 0 aliphatic carbocycles. The van der Waals surface area contributed by atoms with Crippen molar-refractivity contribution in [2.24, 2.45) is 10.9 Å². The minimum Gasteiger partial charge on any atom is -0.453 e. The quantitative estimate of drug-likeness (QED) is 0.199. The molecule has 2 fully saturated rings. The Morgan fingerprint density at radius 1 is 0.800 bits per heavy atom. The van der Waals surface area contributed by atoms with Gasteiger partial charge >= 0.3 is 12.2 Å². The zero-order chi connectivity index (χ0) is 39.1. The van der Waals surface area contributed by atoms with Gasteiger partial charge < -0.3 is 39.6 Å². The van der Waals surface area contributed by atoms with Crippen molar-refractivity contribution in [2.75, 3.05) is 41.0 Å². The van der Waals surface area contributed by atoms with E-state index in [-0.39, 0.29) is 29.8 Å². The number of benzene rings is 2. The number of rotatable bonds is 13. The third kappa shape index (κ3) is 8.91. The van der Waals surface area contributed by atoms with E-state index in [1.165, 1.54) is 14.2 Å². The lowest BCUT2D eigenvalue weighted by atomic mass is 9.95. The Morgan fingerprint density at radius 2 is 1.38 bits per heavy atom. The van der Waals surface area contributed by atoms with Crippen molar-refractivity contribution in [1.29, 1.82) is 0 Å². The summed E-state index contributed by atoms with van der Waals surface area (Å²) in [7, 11) is 4.13. The van der Waals surface area contributed by atoms with Gasteiger partial charge in [0, 0.05) is 51.6 Å². The number of carbonyl (C=O) groups excluding carboxylic acids is 4. The minimum atomic E-state index is -0.758. The van der Waals surface area contributed by atoms with Crippen molar-refractivity contribution in [1.82, 2.24) is 30.4 Å². The monoisotopic (exact) mass is 753 g/mol. The SMILES string of the molecule is COCC[C@H](NC(=O)OC)C(=O)N1CCC[C@H]1c1ncc(-c2ccc(-c3ccc(C4=CN=C([C@@H]5CCCN5C(=O)[C@@H](NC(=O)OC)C(C)C)C4)cc3)cc2)[nH]1. The number of aliphatic imine (C=N–C) groups is 1. The summed E-state index contributed by atoms with van der Waals surface area (Å²) in [5, 5.41) is 5.36. The third-order valence-electron chi connectivity index (χ3n) is 10.7. The lowest BCUT2D eigenvalue weighted by Crippen LogP contribution is -2.53. The fourth-order valence-corrected chi connectivity index (χ4v) is 7.66. The van der Waals surface area contributed by atoms with E-state index in [1.54, 1.807) is 18.2 Å². The highest BCUT2D eigenvalue weighted by molar-refractivity contribution is 6.04. The average molecular weight is 754 g/mol. The standard InChI is InChI=1S/C41H51N7O7/c1-25(2)36(46-41(52)55-5)39(50)47-19-6-8-34(47)32-22-30(23-42-32)28-12-10-26(11-13-28)27-14-16-29(17-15-27)33-24-43-37(44-33)35-9-7-20-48(35)38(49)31(18-21-53-3)45-40(51)54-4/h10-17,23-25,31,34-36H,6-9,18-22H2,1-5H3,(H,43,44)(H,45,51)(H,46,52)/t31-,34-,35-,36-/m0/s1. The Hall–Kier alpha value is -5.50. The van der Waals surface area contributed by atoms with E-state index in [4.69, 9.17) is 19.2 Å². The highest BCUT2D eigenvalue weighted by Crippen LogP contribution is 2.34.